The summed E-state index contributed by atoms with van der Waals surface area (Å²) in [4.78, 5) is 15.4. The summed E-state index contributed by atoms with van der Waals surface area (Å²) in [6, 6.07) is 0. The third-order valence-corrected chi connectivity index (χ3v) is 6.44. The van der Waals surface area contributed by atoms with Crippen LogP contribution < -0.4 is 5.32 Å². The first-order chi connectivity index (χ1) is 13.4. The third kappa shape index (κ3) is 3.60. The normalized spacial score (nSPS) is 16.1. The molecule has 0 atom stereocenters. The lowest BCUT2D eigenvalue weighted by atomic mass is 9.88. The molecule has 1 aliphatic rings. The van der Waals surface area contributed by atoms with Gasteiger partial charge < -0.3 is 10.1 Å². The molecule has 1 N–H and O–H groups in total. The zero-order valence-corrected chi connectivity index (χ0v) is 18.4. The Balaban J connectivity index is 1.93. The quantitative estimate of drug-likeness (QED) is 0.594. The minimum Gasteiger partial charge on any atom is -0.370 e. The van der Waals surface area contributed by atoms with Crippen molar-refractivity contribution in [3.05, 3.63) is 23.1 Å². The predicted molar refractivity (Wildman–Crippen MR) is 117 cm³/mol. The van der Waals surface area contributed by atoms with Gasteiger partial charge in [0.15, 0.2) is 0 Å². The first kappa shape index (κ1) is 19.5. The molecule has 0 spiro atoms. The van der Waals surface area contributed by atoms with Crippen molar-refractivity contribution in [2.75, 3.05) is 11.9 Å². The van der Waals surface area contributed by atoms with Crippen LogP contribution in [-0.2, 0) is 24.2 Å². The van der Waals surface area contributed by atoms with E-state index in [0.29, 0.717) is 12.5 Å². The van der Waals surface area contributed by atoms with Gasteiger partial charge in [-0.25, -0.2) is 15.0 Å². The summed E-state index contributed by atoms with van der Waals surface area (Å²) in [5.74, 6) is 1.49. The summed E-state index contributed by atoms with van der Waals surface area (Å²) < 4.78 is 7.27. The fourth-order valence-electron chi connectivity index (χ4n) is 3.85. The molecular weight excluding hydrogens is 368 g/mol. The number of pyridine rings is 1. The van der Waals surface area contributed by atoms with Crippen LogP contribution >= 0.6 is 11.3 Å². The Morgan fingerprint density at radius 1 is 1.25 bits per heavy atom. The van der Waals surface area contributed by atoms with Crippen molar-refractivity contribution in [2.24, 2.45) is 5.92 Å². The van der Waals surface area contributed by atoms with Gasteiger partial charge in [-0.3, -0.25) is 0 Å². The summed E-state index contributed by atoms with van der Waals surface area (Å²) in [5.41, 5.74) is 4.74. The second-order valence-corrected chi connectivity index (χ2v) is 9.80. The monoisotopic (exact) mass is 398 g/mol. The first-order valence-corrected chi connectivity index (χ1v) is 11.2. The van der Waals surface area contributed by atoms with Crippen molar-refractivity contribution in [1.29, 1.82) is 0 Å². The Morgan fingerprint density at radius 3 is 2.82 bits per heavy atom. The molecule has 5 nitrogen and oxygen atoms in total. The number of fused-ring (bicyclic) bond motifs is 5. The summed E-state index contributed by atoms with van der Waals surface area (Å²) in [6.07, 6.45) is 5.91. The zero-order valence-electron chi connectivity index (χ0n) is 17.6. The van der Waals surface area contributed by atoms with Gasteiger partial charge in [0.05, 0.1) is 22.4 Å². The Hall–Kier alpha value is -1.79. The highest BCUT2D eigenvalue weighted by Crippen LogP contribution is 2.42. The molecule has 28 heavy (non-hydrogen) atoms. The maximum atomic E-state index is 6.16. The molecule has 3 aromatic heterocycles. The van der Waals surface area contributed by atoms with Crippen LogP contribution in [0.1, 0.15) is 64.3 Å². The SMILES string of the molecule is CCCCc1nc2sc3c(NCC(C)C)ncnc3c2c2c1COC(C)(C)C2. The summed E-state index contributed by atoms with van der Waals surface area (Å²) in [7, 11) is 0. The van der Waals surface area contributed by atoms with Gasteiger partial charge in [0.2, 0.25) is 0 Å². The van der Waals surface area contributed by atoms with Crippen LogP contribution in [0, 0.1) is 5.92 Å². The highest BCUT2D eigenvalue weighted by Gasteiger charge is 2.31. The molecule has 4 rings (SSSR count). The molecule has 0 amide bonds. The molecule has 3 aromatic rings. The Kier molecular flexibility index (Phi) is 5.27. The van der Waals surface area contributed by atoms with Crippen LogP contribution in [0.2, 0.25) is 0 Å². The molecule has 0 radical (unpaired) electrons. The van der Waals surface area contributed by atoms with Gasteiger partial charge in [-0.05, 0) is 38.2 Å². The van der Waals surface area contributed by atoms with E-state index in [2.05, 4.69) is 49.9 Å². The van der Waals surface area contributed by atoms with E-state index in [9.17, 15) is 0 Å². The largest absolute Gasteiger partial charge is 0.370 e. The minimum absolute atomic E-state index is 0.163. The lowest BCUT2D eigenvalue weighted by Crippen LogP contribution is -2.32. The Labute approximate surface area is 170 Å². The van der Waals surface area contributed by atoms with Crippen LogP contribution in [0.4, 0.5) is 5.82 Å². The average Bonchev–Trinajstić information content (AvgIpc) is 3.02. The second-order valence-electron chi connectivity index (χ2n) is 8.80. The maximum Gasteiger partial charge on any atom is 0.147 e. The van der Waals surface area contributed by atoms with E-state index in [1.807, 2.05) is 0 Å². The number of aromatic nitrogens is 3. The van der Waals surface area contributed by atoms with Crippen LogP contribution in [0.5, 0.6) is 0 Å². The molecule has 0 bridgehead atoms. The van der Waals surface area contributed by atoms with E-state index < -0.39 is 0 Å². The van der Waals surface area contributed by atoms with Gasteiger partial charge in [-0.1, -0.05) is 27.2 Å². The highest BCUT2D eigenvalue weighted by atomic mass is 32.1. The fourth-order valence-corrected chi connectivity index (χ4v) is 4.99. The number of hydrogen-bond donors (Lipinski definition) is 1. The fraction of sp³-hybridized carbons (Fsp3) is 0.591. The summed E-state index contributed by atoms with van der Waals surface area (Å²) >= 11 is 1.72. The molecular formula is C22H30N4OS. The highest BCUT2D eigenvalue weighted by molar-refractivity contribution is 7.26. The van der Waals surface area contributed by atoms with Crippen molar-refractivity contribution < 1.29 is 4.74 Å². The van der Waals surface area contributed by atoms with Crippen LogP contribution in [0.15, 0.2) is 6.33 Å². The van der Waals surface area contributed by atoms with Gasteiger partial charge >= 0.3 is 0 Å². The standard InChI is InChI=1S/C22H30N4OS/c1-6-7-8-16-15-11-27-22(4,5)9-14(15)17-18-19(28-21(17)26-16)20(25-12-24-18)23-10-13(2)3/h12-13H,6-11H2,1-5H3,(H,23,24,25). The van der Waals surface area contributed by atoms with Gasteiger partial charge in [0.25, 0.3) is 0 Å². The molecule has 1 aliphatic heterocycles. The molecule has 6 heteroatoms. The zero-order chi connectivity index (χ0) is 19.9. The van der Waals surface area contributed by atoms with Crippen LogP contribution in [-0.4, -0.2) is 27.1 Å². The predicted octanol–water partition coefficient (Wildman–Crippen LogP) is 5.50. The lowest BCUT2D eigenvalue weighted by Gasteiger charge is -2.33. The van der Waals surface area contributed by atoms with E-state index in [-0.39, 0.29) is 5.60 Å². The molecule has 150 valence electrons. The minimum atomic E-state index is -0.163. The molecule has 0 fully saturated rings. The number of nitrogens with one attached hydrogen (secondary N) is 1. The van der Waals surface area contributed by atoms with E-state index >= 15 is 0 Å². The number of thiophene rings is 1. The van der Waals surface area contributed by atoms with Gasteiger partial charge in [-0.15, -0.1) is 11.3 Å². The molecule has 0 unspecified atom stereocenters. The van der Waals surface area contributed by atoms with E-state index in [1.165, 1.54) is 28.6 Å². The van der Waals surface area contributed by atoms with Crippen LogP contribution in [0.25, 0.3) is 20.4 Å². The molecule has 0 aromatic carbocycles. The lowest BCUT2D eigenvalue weighted by molar-refractivity contribution is -0.0401. The number of ether oxygens (including phenoxy) is 1. The third-order valence-electron chi connectivity index (χ3n) is 5.36. The molecule has 0 saturated heterocycles. The number of rotatable bonds is 6. The van der Waals surface area contributed by atoms with Crippen molar-refractivity contribution in [1.82, 2.24) is 15.0 Å². The van der Waals surface area contributed by atoms with Crippen molar-refractivity contribution in [3.63, 3.8) is 0 Å². The van der Waals surface area contributed by atoms with Gasteiger partial charge in [0, 0.05) is 29.6 Å². The van der Waals surface area contributed by atoms with Gasteiger partial charge in [0.1, 0.15) is 17.0 Å². The van der Waals surface area contributed by atoms with Gasteiger partial charge in [-0.2, -0.15) is 0 Å². The second kappa shape index (κ2) is 7.56. The van der Waals surface area contributed by atoms with Crippen LogP contribution in [0.3, 0.4) is 0 Å². The smallest absolute Gasteiger partial charge is 0.147 e. The number of unbranched alkanes of at least 4 members (excludes halogenated alkanes) is 1. The van der Waals surface area contributed by atoms with E-state index in [4.69, 9.17) is 9.72 Å². The summed E-state index contributed by atoms with van der Waals surface area (Å²) in [5, 5.41) is 4.71. The molecule has 4 heterocycles. The summed E-state index contributed by atoms with van der Waals surface area (Å²) in [6.45, 7) is 12.5. The number of anilines is 1. The van der Waals surface area contributed by atoms with E-state index in [0.717, 1.165) is 46.7 Å². The topological polar surface area (TPSA) is 59.9 Å². The Bertz CT molecular complexity index is 1010. The number of aryl methyl sites for hydroxylation is 1. The molecule has 0 aliphatic carbocycles. The van der Waals surface area contributed by atoms with E-state index in [1.54, 1.807) is 17.7 Å². The number of nitrogens with zero attached hydrogens (tertiary/aromatic N) is 3. The van der Waals surface area contributed by atoms with Crippen molar-refractivity contribution in [3.8, 4) is 0 Å². The first-order valence-electron chi connectivity index (χ1n) is 10.3. The van der Waals surface area contributed by atoms with Crippen molar-refractivity contribution >= 4 is 37.6 Å². The Morgan fingerprint density at radius 2 is 2.07 bits per heavy atom. The average molecular weight is 399 g/mol. The molecule has 0 saturated carbocycles. The number of hydrogen-bond acceptors (Lipinski definition) is 6. The maximum absolute atomic E-state index is 6.16. The van der Waals surface area contributed by atoms with Crippen molar-refractivity contribution in [2.45, 2.75) is 72.5 Å².